The molecular formula is C17H19N5O2S. The molecule has 0 unspecified atom stereocenters. The third kappa shape index (κ3) is 3.69. The number of aryl methyl sites for hydroxylation is 2. The van der Waals surface area contributed by atoms with E-state index in [1.54, 1.807) is 48.3 Å². The van der Waals surface area contributed by atoms with Gasteiger partial charge in [0.2, 0.25) is 5.95 Å². The molecule has 0 spiro atoms. The van der Waals surface area contributed by atoms with Crippen LogP contribution in [0, 0.1) is 6.92 Å². The zero-order valence-corrected chi connectivity index (χ0v) is 15.1. The van der Waals surface area contributed by atoms with E-state index in [1.165, 1.54) is 0 Å². The van der Waals surface area contributed by atoms with E-state index in [0.717, 1.165) is 22.5 Å². The van der Waals surface area contributed by atoms with E-state index in [-0.39, 0.29) is 5.75 Å². The van der Waals surface area contributed by atoms with Crippen molar-refractivity contribution in [3.8, 4) is 11.3 Å². The highest BCUT2D eigenvalue weighted by molar-refractivity contribution is 7.91. The predicted octanol–water partition coefficient (Wildman–Crippen LogP) is 2.72. The molecule has 2 aromatic heterocycles. The molecule has 0 aliphatic carbocycles. The molecule has 8 heteroatoms. The Morgan fingerprint density at radius 2 is 1.88 bits per heavy atom. The van der Waals surface area contributed by atoms with Crippen molar-refractivity contribution in [3.05, 3.63) is 48.4 Å². The molecule has 3 rings (SSSR count). The van der Waals surface area contributed by atoms with Crippen LogP contribution in [0.4, 0.5) is 11.6 Å². The Bertz CT molecular complexity index is 994. The molecular weight excluding hydrogens is 338 g/mol. The summed E-state index contributed by atoms with van der Waals surface area (Å²) >= 11 is 0. The van der Waals surface area contributed by atoms with Crippen LogP contribution < -0.4 is 5.32 Å². The highest BCUT2D eigenvalue weighted by Crippen LogP contribution is 2.24. The Hall–Kier alpha value is -2.74. The number of benzene rings is 1. The van der Waals surface area contributed by atoms with Crippen LogP contribution in [0.3, 0.4) is 0 Å². The first-order valence-electron chi connectivity index (χ1n) is 7.81. The van der Waals surface area contributed by atoms with E-state index < -0.39 is 9.84 Å². The van der Waals surface area contributed by atoms with Crippen molar-refractivity contribution in [2.24, 2.45) is 7.05 Å². The highest BCUT2D eigenvalue weighted by atomic mass is 32.2. The van der Waals surface area contributed by atoms with Crippen molar-refractivity contribution in [2.75, 3.05) is 11.1 Å². The zero-order valence-electron chi connectivity index (χ0n) is 14.3. The molecule has 0 saturated carbocycles. The van der Waals surface area contributed by atoms with Gasteiger partial charge in [0.05, 0.1) is 28.2 Å². The average molecular weight is 357 g/mol. The maximum absolute atomic E-state index is 11.9. The van der Waals surface area contributed by atoms with E-state index in [2.05, 4.69) is 20.4 Å². The number of nitrogens with one attached hydrogen (secondary N) is 1. The van der Waals surface area contributed by atoms with Gasteiger partial charge in [-0.25, -0.2) is 18.4 Å². The van der Waals surface area contributed by atoms with Gasteiger partial charge in [0, 0.05) is 25.0 Å². The van der Waals surface area contributed by atoms with Gasteiger partial charge in [-0.05, 0) is 24.6 Å². The summed E-state index contributed by atoms with van der Waals surface area (Å²) in [5.74, 6) is 0.539. The van der Waals surface area contributed by atoms with Crippen LogP contribution in [0.5, 0.6) is 0 Å². The molecule has 130 valence electrons. The Morgan fingerprint density at radius 1 is 1.16 bits per heavy atom. The number of aromatic nitrogens is 4. The molecule has 1 N–H and O–H groups in total. The minimum Gasteiger partial charge on any atom is -0.321 e. The van der Waals surface area contributed by atoms with Gasteiger partial charge in [0.1, 0.15) is 0 Å². The van der Waals surface area contributed by atoms with Crippen LogP contribution in [0.2, 0.25) is 0 Å². The van der Waals surface area contributed by atoms with Gasteiger partial charge >= 0.3 is 0 Å². The number of hydrogen-bond donors (Lipinski definition) is 1. The summed E-state index contributed by atoms with van der Waals surface area (Å²) < 4.78 is 25.5. The lowest BCUT2D eigenvalue weighted by Gasteiger charge is -2.09. The summed E-state index contributed by atoms with van der Waals surface area (Å²) in [5, 5.41) is 7.20. The molecule has 25 heavy (non-hydrogen) atoms. The van der Waals surface area contributed by atoms with Crippen molar-refractivity contribution < 1.29 is 8.42 Å². The lowest BCUT2D eigenvalue weighted by atomic mass is 10.1. The topological polar surface area (TPSA) is 89.8 Å². The quantitative estimate of drug-likeness (QED) is 0.755. The minimum absolute atomic E-state index is 0.0814. The molecule has 0 aliphatic rings. The van der Waals surface area contributed by atoms with Crippen LogP contribution in [0.15, 0.2) is 47.8 Å². The summed E-state index contributed by atoms with van der Waals surface area (Å²) in [5.41, 5.74) is 3.29. The largest absolute Gasteiger partial charge is 0.321 e. The van der Waals surface area contributed by atoms with E-state index >= 15 is 0 Å². The fourth-order valence-electron chi connectivity index (χ4n) is 2.40. The summed E-state index contributed by atoms with van der Waals surface area (Å²) in [7, 11) is -1.38. The highest BCUT2D eigenvalue weighted by Gasteiger charge is 2.13. The van der Waals surface area contributed by atoms with Crippen LogP contribution in [0.1, 0.15) is 12.5 Å². The van der Waals surface area contributed by atoms with Gasteiger partial charge in [0.25, 0.3) is 0 Å². The summed E-state index contributed by atoms with van der Waals surface area (Å²) in [6.07, 6.45) is 5.25. The molecule has 0 aliphatic heterocycles. The first-order valence-corrected chi connectivity index (χ1v) is 9.47. The van der Waals surface area contributed by atoms with E-state index in [0.29, 0.717) is 10.8 Å². The van der Waals surface area contributed by atoms with E-state index in [1.807, 2.05) is 20.2 Å². The van der Waals surface area contributed by atoms with Gasteiger partial charge in [-0.15, -0.1) is 0 Å². The number of nitrogens with zero attached hydrogens (tertiary/aromatic N) is 4. The van der Waals surface area contributed by atoms with Crippen molar-refractivity contribution in [2.45, 2.75) is 18.7 Å². The van der Waals surface area contributed by atoms with Crippen molar-refractivity contribution in [1.82, 2.24) is 19.7 Å². The van der Waals surface area contributed by atoms with E-state index in [9.17, 15) is 8.42 Å². The maximum atomic E-state index is 11.9. The van der Waals surface area contributed by atoms with Crippen molar-refractivity contribution >= 4 is 21.5 Å². The molecule has 2 heterocycles. The molecule has 0 amide bonds. The molecule has 0 bridgehead atoms. The SMILES string of the molecule is CCS(=O)(=O)c1ccc(-c2nc(Nc3cnn(C)c3)ncc2C)cc1. The number of sulfone groups is 1. The van der Waals surface area contributed by atoms with Gasteiger partial charge in [0.15, 0.2) is 9.84 Å². The molecule has 0 fully saturated rings. The molecule has 3 aromatic rings. The standard InChI is InChI=1S/C17H19N5O2S/c1-4-25(23,24)15-7-5-13(6-8-15)16-12(2)9-18-17(21-16)20-14-10-19-22(3)11-14/h5-11H,4H2,1-3H3,(H,18,20,21). The van der Waals surface area contributed by atoms with Gasteiger partial charge in [-0.2, -0.15) is 5.10 Å². The first-order chi connectivity index (χ1) is 11.9. The van der Waals surface area contributed by atoms with E-state index in [4.69, 9.17) is 0 Å². The lowest BCUT2D eigenvalue weighted by molar-refractivity contribution is 0.597. The molecule has 0 radical (unpaired) electrons. The van der Waals surface area contributed by atoms with Gasteiger partial charge in [-0.3, -0.25) is 4.68 Å². The normalized spacial score (nSPS) is 11.5. The number of hydrogen-bond acceptors (Lipinski definition) is 6. The Kier molecular flexibility index (Phi) is 4.54. The molecule has 1 aromatic carbocycles. The third-order valence-corrected chi connectivity index (χ3v) is 5.55. The van der Waals surface area contributed by atoms with Gasteiger partial charge in [-0.1, -0.05) is 19.1 Å². The lowest BCUT2D eigenvalue weighted by Crippen LogP contribution is -2.03. The summed E-state index contributed by atoms with van der Waals surface area (Å²) in [4.78, 5) is 9.15. The second-order valence-corrected chi connectivity index (χ2v) is 7.96. The predicted molar refractivity (Wildman–Crippen MR) is 96.4 cm³/mol. The Labute approximate surface area is 146 Å². The van der Waals surface area contributed by atoms with Crippen LogP contribution in [0.25, 0.3) is 11.3 Å². The zero-order chi connectivity index (χ0) is 18.0. The number of anilines is 2. The summed E-state index contributed by atoms with van der Waals surface area (Å²) in [6.45, 7) is 3.55. The molecule has 7 nitrogen and oxygen atoms in total. The Morgan fingerprint density at radius 3 is 2.48 bits per heavy atom. The molecule has 0 atom stereocenters. The maximum Gasteiger partial charge on any atom is 0.227 e. The van der Waals surface area contributed by atoms with Crippen molar-refractivity contribution in [1.29, 1.82) is 0 Å². The second kappa shape index (κ2) is 6.64. The average Bonchev–Trinajstić information content (AvgIpc) is 3.01. The third-order valence-electron chi connectivity index (χ3n) is 3.80. The minimum atomic E-state index is -3.21. The summed E-state index contributed by atoms with van der Waals surface area (Å²) in [6, 6.07) is 6.77. The van der Waals surface area contributed by atoms with Crippen LogP contribution in [-0.2, 0) is 16.9 Å². The number of rotatable bonds is 5. The van der Waals surface area contributed by atoms with Gasteiger partial charge < -0.3 is 5.32 Å². The molecule has 0 saturated heterocycles. The fraction of sp³-hybridized carbons (Fsp3) is 0.235. The smallest absolute Gasteiger partial charge is 0.227 e. The second-order valence-electron chi connectivity index (χ2n) is 5.68. The van der Waals surface area contributed by atoms with Crippen molar-refractivity contribution in [3.63, 3.8) is 0 Å². The monoisotopic (exact) mass is 357 g/mol. The van der Waals surface area contributed by atoms with Crippen LogP contribution in [-0.4, -0.2) is 33.9 Å². The fourth-order valence-corrected chi connectivity index (χ4v) is 3.28. The van der Waals surface area contributed by atoms with Crippen LogP contribution >= 0.6 is 0 Å². The Balaban J connectivity index is 1.92. The first kappa shape index (κ1) is 17.1.